The first kappa shape index (κ1) is 25.0. The van der Waals surface area contributed by atoms with Crippen molar-refractivity contribution in [1.82, 2.24) is 0 Å². The van der Waals surface area contributed by atoms with Crippen molar-refractivity contribution in [3.05, 3.63) is 0 Å². The van der Waals surface area contributed by atoms with Crippen LogP contribution in [0.5, 0.6) is 0 Å². The van der Waals surface area contributed by atoms with E-state index in [1.54, 1.807) is 0 Å². The fourth-order valence-electron chi connectivity index (χ4n) is 1.17. The van der Waals surface area contributed by atoms with Gasteiger partial charge in [0.05, 0.1) is 13.7 Å². The molecule has 0 aliphatic rings. The predicted molar refractivity (Wildman–Crippen MR) is 103 cm³/mol. The topological polar surface area (TPSA) is 81.8 Å². The maximum Gasteiger partial charge on any atom is 0.325 e. The zero-order valence-corrected chi connectivity index (χ0v) is 19.0. The van der Waals surface area contributed by atoms with E-state index in [0.29, 0.717) is 10.1 Å². The molecule has 0 fully saturated rings. The number of carbonyl (C=O) groups is 1. The van der Waals surface area contributed by atoms with Gasteiger partial charge in [0.15, 0.2) is 16.6 Å². The number of esters is 1. The van der Waals surface area contributed by atoms with Gasteiger partial charge in [0, 0.05) is 0 Å². The monoisotopic (exact) mass is 365 g/mol. The highest BCUT2D eigenvalue weighted by Crippen LogP contribution is 2.44. The van der Waals surface area contributed by atoms with E-state index >= 15 is 0 Å². The van der Waals surface area contributed by atoms with Crippen LogP contribution in [-0.4, -0.2) is 47.5 Å². The second kappa shape index (κ2) is 8.76. The molecule has 0 aromatic rings. The molecule has 140 valence electrons. The molecule has 0 spiro atoms. The van der Waals surface area contributed by atoms with Gasteiger partial charge in [-0.25, -0.2) is 0 Å². The Bertz CT molecular complexity index is 347. The van der Waals surface area contributed by atoms with Gasteiger partial charge < -0.3 is 19.7 Å². The Morgan fingerprint density at radius 3 is 1.43 bits per heavy atom. The minimum atomic E-state index is -1.59. The third-order valence-corrected chi connectivity index (χ3v) is 16.1. The number of rotatable bonds is 4. The second-order valence-corrected chi connectivity index (χ2v) is 18.8. The van der Waals surface area contributed by atoms with Crippen molar-refractivity contribution in [2.24, 2.45) is 5.73 Å². The van der Waals surface area contributed by atoms with E-state index in [4.69, 9.17) is 15.0 Å². The van der Waals surface area contributed by atoms with Gasteiger partial charge in [0.2, 0.25) is 0 Å². The average Bonchev–Trinajstić information content (AvgIpc) is 2.33. The summed E-state index contributed by atoms with van der Waals surface area (Å²) in [6.07, 6.45) is 0. The molecule has 0 aliphatic carbocycles. The lowest BCUT2D eigenvalue weighted by Crippen LogP contribution is -2.53. The van der Waals surface area contributed by atoms with Crippen LogP contribution in [0.1, 0.15) is 41.5 Å². The predicted octanol–water partition coefficient (Wildman–Crippen LogP) is 3.49. The summed E-state index contributed by atoms with van der Waals surface area (Å²) in [4.78, 5) is 10.2. The third kappa shape index (κ3) is 8.44. The molecule has 3 N–H and O–H groups in total. The zero-order valence-electron chi connectivity index (χ0n) is 17.0. The Kier molecular flexibility index (Phi) is 9.53. The van der Waals surface area contributed by atoms with E-state index in [1.165, 1.54) is 7.11 Å². The summed E-state index contributed by atoms with van der Waals surface area (Å²) in [5.41, 5.74) is 5.00. The minimum Gasteiger partial charge on any atom is -0.468 e. The normalized spacial score (nSPS) is 14.7. The van der Waals surface area contributed by atoms with E-state index in [0.717, 1.165) is 0 Å². The van der Waals surface area contributed by atoms with E-state index < -0.39 is 28.6 Å². The van der Waals surface area contributed by atoms with Crippen molar-refractivity contribution < 1.29 is 18.8 Å². The molecule has 5 nitrogen and oxygen atoms in total. The molecule has 23 heavy (non-hydrogen) atoms. The van der Waals surface area contributed by atoms with Crippen LogP contribution in [0, 0.1) is 0 Å². The molecule has 0 radical (unpaired) electrons. The first-order valence-electron chi connectivity index (χ1n) is 8.07. The van der Waals surface area contributed by atoms with Crippen LogP contribution in [0.4, 0.5) is 0 Å². The Labute approximate surface area is 145 Å². The Balaban J connectivity index is 0. The van der Waals surface area contributed by atoms with Crippen LogP contribution in [-0.2, 0) is 13.6 Å². The average molecular weight is 366 g/mol. The zero-order chi connectivity index (χ0) is 19.3. The van der Waals surface area contributed by atoms with Crippen LogP contribution in [0.3, 0.4) is 0 Å². The lowest BCUT2D eigenvalue weighted by molar-refractivity contribution is -0.143. The van der Waals surface area contributed by atoms with Crippen LogP contribution < -0.4 is 5.73 Å². The largest absolute Gasteiger partial charge is 0.468 e. The number of aliphatic hydroxyl groups excluding tert-OH is 1. The van der Waals surface area contributed by atoms with Crippen molar-refractivity contribution in [2.75, 3.05) is 13.7 Å². The number of aliphatic hydroxyl groups is 1. The number of hydrogen-bond acceptors (Lipinski definition) is 5. The van der Waals surface area contributed by atoms with Gasteiger partial charge >= 0.3 is 5.97 Å². The van der Waals surface area contributed by atoms with E-state index in [9.17, 15) is 4.79 Å². The molecule has 0 unspecified atom stereocenters. The molecule has 0 aliphatic heterocycles. The van der Waals surface area contributed by atoms with Crippen LogP contribution in [0.2, 0.25) is 36.3 Å². The number of hydrogen-bond donors (Lipinski definition) is 2. The van der Waals surface area contributed by atoms with Gasteiger partial charge in [-0.3, -0.25) is 4.79 Å². The van der Waals surface area contributed by atoms with Gasteiger partial charge in [0.1, 0.15) is 6.04 Å². The quantitative estimate of drug-likeness (QED) is 0.588. The third-order valence-electron chi connectivity index (χ3n) is 4.82. The molecule has 0 saturated carbocycles. The molecular formula is C16H39NO4Si2. The summed E-state index contributed by atoms with van der Waals surface area (Å²) >= 11 is 0. The number of ether oxygens (including phenoxy) is 1. The molecule has 0 aromatic carbocycles. The van der Waals surface area contributed by atoms with Crippen molar-refractivity contribution >= 4 is 22.6 Å². The standard InChI is InChI=1S/C12H30OSi2.C4H9NO3/c1-11(2,3)14(7,8)13-15(9,10)12(4,5)6;1-8-4(7)3(5)2-6/h1-10H3;3,6H,2,5H2,1H3/t;3-/m.1/s1. The first-order valence-corrected chi connectivity index (χ1v) is 13.9. The minimum absolute atomic E-state index is 0.322. The lowest BCUT2D eigenvalue weighted by Gasteiger charge is -2.47. The Morgan fingerprint density at radius 1 is 1.00 bits per heavy atom. The molecule has 0 aromatic heterocycles. The second-order valence-electron chi connectivity index (χ2n) is 8.93. The molecule has 0 rings (SSSR count). The van der Waals surface area contributed by atoms with Gasteiger partial charge in [-0.2, -0.15) is 0 Å². The fourth-order valence-corrected chi connectivity index (χ4v) is 8.72. The molecule has 1 atom stereocenters. The number of nitrogens with two attached hydrogens (primary N) is 1. The van der Waals surface area contributed by atoms with Crippen LogP contribution >= 0.6 is 0 Å². The summed E-state index contributed by atoms with van der Waals surface area (Å²) in [5.74, 6) is -0.590. The molecular weight excluding hydrogens is 326 g/mol. The smallest absolute Gasteiger partial charge is 0.325 e. The molecule has 0 heterocycles. The first-order chi connectivity index (χ1) is 9.93. The summed E-state index contributed by atoms with van der Waals surface area (Å²) in [5, 5.41) is 8.85. The Morgan fingerprint density at radius 2 is 1.30 bits per heavy atom. The summed E-state index contributed by atoms with van der Waals surface area (Å²) in [7, 11) is -1.96. The summed E-state index contributed by atoms with van der Waals surface area (Å²) in [6, 6.07) is -0.889. The van der Waals surface area contributed by atoms with Gasteiger partial charge in [0.25, 0.3) is 0 Å². The SMILES string of the molecule is CC(C)(C)[Si](C)(C)O[Si](C)(C)C(C)(C)C.COC(=O)[C@H](N)CO. The lowest BCUT2D eigenvalue weighted by atomic mass is 10.2. The van der Waals surface area contributed by atoms with Crippen molar-refractivity contribution in [1.29, 1.82) is 0 Å². The highest BCUT2D eigenvalue weighted by Gasteiger charge is 2.46. The molecule has 0 bridgehead atoms. The summed E-state index contributed by atoms with van der Waals surface area (Å²) in [6.45, 7) is 22.9. The molecule has 0 amide bonds. The Hall–Kier alpha value is -0.216. The fraction of sp³-hybridized carbons (Fsp3) is 0.938. The van der Waals surface area contributed by atoms with E-state index in [2.05, 4.69) is 72.5 Å². The van der Waals surface area contributed by atoms with Gasteiger partial charge in [-0.15, -0.1) is 0 Å². The molecule has 7 heteroatoms. The van der Waals surface area contributed by atoms with Crippen molar-refractivity contribution in [3.8, 4) is 0 Å². The van der Waals surface area contributed by atoms with Gasteiger partial charge in [-0.05, 0) is 36.3 Å². The maximum absolute atomic E-state index is 10.2. The highest BCUT2D eigenvalue weighted by molar-refractivity contribution is 6.87. The highest BCUT2D eigenvalue weighted by atomic mass is 28.4. The van der Waals surface area contributed by atoms with Gasteiger partial charge in [-0.1, -0.05) is 41.5 Å². The maximum atomic E-state index is 10.2. The van der Waals surface area contributed by atoms with E-state index in [1.807, 2.05) is 0 Å². The van der Waals surface area contributed by atoms with E-state index in [-0.39, 0.29) is 6.61 Å². The van der Waals surface area contributed by atoms with Crippen LogP contribution in [0.25, 0.3) is 0 Å². The molecule has 0 saturated heterocycles. The van der Waals surface area contributed by atoms with Crippen LogP contribution in [0.15, 0.2) is 0 Å². The number of carbonyl (C=O) groups excluding carboxylic acids is 1. The summed E-state index contributed by atoms with van der Waals surface area (Å²) < 4.78 is 10.8. The van der Waals surface area contributed by atoms with Crippen molar-refractivity contribution in [2.45, 2.75) is 83.8 Å². The number of methoxy groups -OCH3 is 1. The van der Waals surface area contributed by atoms with Crippen molar-refractivity contribution in [3.63, 3.8) is 0 Å².